The standard InChI is InChI=1S/C14H16N2O4S/c1-14(2)13(17)16(21(14,18)19)7-4-8-20-12-6-3-5-11(9-12)10-15/h3,5-6,9H,4,7-8H2,1-2H3. The van der Waals surface area contributed by atoms with Gasteiger partial charge in [-0.3, -0.25) is 4.79 Å². The van der Waals surface area contributed by atoms with Crippen molar-refractivity contribution in [3.63, 3.8) is 0 Å². The van der Waals surface area contributed by atoms with Gasteiger partial charge in [0.05, 0.1) is 18.2 Å². The van der Waals surface area contributed by atoms with Crippen LogP contribution in [-0.2, 0) is 14.8 Å². The maximum atomic E-state index is 11.9. The molecule has 1 aromatic rings. The Balaban J connectivity index is 1.84. The van der Waals surface area contributed by atoms with Gasteiger partial charge < -0.3 is 4.74 Å². The van der Waals surface area contributed by atoms with Crippen molar-refractivity contribution in [1.82, 2.24) is 4.31 Å². The fourth-order valence-electron chi connectivity index (χ4n) is 2.03. The number of amides is 1. The summed E-state index contributed by atoms with van der Waals surface area (Å²) in [4.78, 5) is 11.7. The Morgan fingerprint density at radius 3 is 2.71 bits per heavy atom. The number of nitrogens with zero attached hydrogens (tertiary/aromatic N) is 2. The van der Waals surface area contributed by atoms with E-state index in [1.807, 2.05) is 6.07 Å². The summed E-state index contributed by atoms with van der Waals surface area (Å²) in [6.45, 7) is 3.20. The Morgan fingerprint density at radius 1 is 1.38 bits per heavy atom. The van der Waals surface area contributed by atoms with Gasteiger partial charge in [-0.1, -0.05) is 6.07 Å². The van der Waals surface area contributed by atoms with Crippen molar-refractivity contribution in [2.24, 2.45) is 0 Å². The fraction of sp³-hybridized carbons (Fsp3) is 0.429. The highest BCUT2D eigenvalue weighted by Crippen LogP contribution is 2.34. The van der Waals surface area contributed by atoms with E-state index in [1.54, 1.807) is 24.3 Å². The lowest BCUT2D eigenvalue weighted by Gasteiger charge is -2.43. The molecule has 0 radical (unpaired) electrons. The Labute approximate surface area is 124 Å². The summed E-state index contributed by atoms with van der Waals surface area (Å²) in [5.41, 5.74) is 0.495. The van der Waals surface area contributed by atoms with E-state index in [4.69, 9.17) is 10.00 Å². The minimum absolute atomic E-state index is 0.114. The van der Waals surface area contributed by atoms with Crippen molar-refractivity contribution in [3.05, 3.63) is 29.8 Å². The minimum Gasteiger partial charge on any atom is -0.493 e. The number of hydrogen-bond donors (Lipinski definition) is 0. The Hall–Kier alpha value is -2.07. The third-order valence-electron chi connectivity index (χ3n) is 3.41. The molecule has 1 heterocycles. The summed E-state index contributed by atoms with van der Waals surface area (Å²) in [6, 6.07) is 8.71. The van der Waals surface area contributed by atoms with Crippen LogP contribution in [0, 0.1) is 11.3 Å². The van der Waals surface area contributed by atoms with E-state index in [0.29, 0.717) is 17.7 Å². The second-order valence-corrected chi connectivity index (χ2v) is 7.65. The van der Waals surface area contributed by atoms with E-state index in [2.05, 4.69) is 0 Å². The number of nitriles is 1. The zero-order chi connectivity index (χ0) is 15.7. The van der Waals surface area contributed by atoms with Crippen molar-refractivity contribution in [1.29, 1.82) is 5.26 Å². The number of carbonyl (C=O) groups excluding carboxylic acids is 1. The molecule has 0 aromatic heterocycles. The average molecular weight is 308 g/mol. The molecule has 1 amide bonds. The van der Waals surface area contributed by atoms with Crippen LogP contribution in [0.4, 0.5) is 0 Å². The highest BCUT2D eigenvalue weighted by atomic mass is 32.2. The molecule has 0 N–H and O–H groups in total. The van der Waals surface area contributed by atoms with E-state index in [-0.39, 0.29) is 19.1 Å². The van der Waals surface area contributed by atoms with Crippen LogP contribution in [0.25, 0.3) is 0 Å². The van der Waals surface area contributed by atoms with Gasteiger partial charge in [0.2, 0.25) is 0 Å². The molecule has 0 saturated carbocycles. The Morgan fingerprint density at radius 2 is 2.10 bits per heavy atom. The van der Waals surface area contributed by atoms with Crippen LogP contribution in [0.15, 0.2) is 24.3 Å². The zero-order valence-electron chi connectivity index (χ0n) is 11.9. The monoisotopic (exact) mass is 308 g/mol. The van der Waals surface area contributed by atoms with Crippen molar-refractivity contribution in [3.8, 4) is 11.8 Å². The molecular formula is C14H16N2O4S. The van der Waals surface area contributed by atoms with Gasteiger partial charge in [-0.15, -0.1) is 0 Å². The molecular weight excluding hydrogens is 292 g/mol. The molecule has 0 atom stereocenters. The van der Waals surface area contributed by atoms with Crippen LogP contribution in [-0.4, -0.2) is 36.5 Å². The largest absolute Gasteiger partial charge is 0.493 e. The first-order chi connectivity index (χ1) is 9.80. The van der Waals surface area contributed by atoms with Gasteiger partial charge in [0.25, 0.3) is 15.9 Å². The van der Waals surface area contributed by atoms with E-state index in [9.17, 15) is 13.2 Å². The topological polar surface area (TPSA) is 87.5 Å². The lowest BCUT2D eigenvalue weighted by molar-refractivity contribution is -0.132. The first kappa shape index (κ1) is 15.3. The molecule has 0 bridgehead atoms. The Kier molecular flexibility index (Phi) is 3.92. The van der Waals surface area contributed by atoms with Gasteiger partial charge in [-0.25, -0.2) is 12.7 Å². The van der Waals surface area contributed by atoms with Crippen LogP contribution < -0.4 is 4.74 Å². The van der Waals surface area contributed by atoms with Crippen molar-refractivity contribution < 1.29 is 17.9 Å². The van der Waals surface area contributed by atoms with E-state index < -0.39 is 14.8 Å². The van der Waals surface area contributed by atoms with Gasteiger partial charge in [-0.2, -0.15) is 5.26 Å². The lowest BCUT2D eigenvalue weighted by atomic mass is 10.2. The van der Waals surface area contributed by atoms with Crippen molar-refractivity contribution in [2.45, 2.75) is 25.0 Å². The van der Waals surface area contributed by atoms with Crippen molar-refractivity contribution >= 4 is 15.9 Å². The molecule has 0 spiro atoms. The summed E-state index contributed by atoms with van der Waals surface area (Å²) >= 11 is 0. The predicted octanol–water partition coefficient (Wildman–Crippen LogP) is 1.28. The summed E-state index contributed by atoms with van der Waals surface area (Å²) in [6.07, 6.45) is 0.401. The number of hydrogen-bond acceptors (Lipinski definition) is 5. The molecule has 112 valence electrons. The average Bonchev–Trinajstić information content (AvgIpc) is 2.46. The molecule has 1 aliphatic rings. The molecule has 0 unspecified atom stereocenters. The van der Waals surface area contributed by atoms with E-state index in [0.717, 1.165) is 4.31 Å². The lowest BCUT2D eigenvalue weighted by Crippen LogP contribution is -2.67. The van der Waals surface area contributed by atoms with Gasteiger partial charge in [0.1, 0.15) is 5.75 Å². The van der Waals surface area contributed by atoms with Gasteiger partial charge in [0, 0.05) is 13.0 Å². The fourth-order valence-corrected chi connectivity index (χ4v) is 3.60. The molecule has 1 aliphatic heterocycles. The number of rotatable bonds is 5. The zero-order valence-corrected chi connectivity index (χ0v) is 12.7. The minimum atomic E-state index is -3.52. The molecule has 6 nitrogen and oxygen atoms in total. The maximum absolute atomic E-state index is 11.9. The number of benzene rings is 1. The van der Waals surface area contributed by atoms with E-state index in [1.165, 1.54) is 13.8 Å². The van der Waals surface area contributed by atoms with Crippen molar-refractivity contribution in [2.75, 3.05) is 13.2 Å². The van der Waals surface area contributed by atoms with E-state index >= 15 is 0 Å². The SMILES string of the molecule is CC1(C)C(=O)N(CCCOc2cccc(C#N)c2)S1(=O)=O. The van der Waals surface area contributed by atoms with Crippen LogP contribution in [0.5, 0.6) is 5.75 Å². The van der Waals surface area contributed by atoms with Gasteiger partial charge in [-0.05, 0) is 32.0 Å². The van der Waals surface area contributed by atoms with Gasteiger partial charge in [0.15, 0.2) is 4.75 Å². The molecule has 7 heteroatoms. The summed E-state index contributed by atoms with van der Waals surface area (Å²) < 4.78 is 28.7. The summed E-state index contributed by atoms with van der Waals surface area (Å²) in [5.74, 6) is 0.168. The Bertz CT molecular complexity index is 704. The smallest absolute Gasteiger partial charge is 0.258 e. The molecule has 1 aromatic carbocycles. The predicted molar refractivity (Wildman–Crippen MR) is 76.0 cm³/mol. The maximum Gasteiger partial charge on any atom is 0.258 e. The molecule has 2 rings (SSSR count). The first-order valence-corrected chi connectivity index (χ1v) is 7.94. The summed E-state index contributed by atoms with van der Waals surface area (Å²) in [5, 5.41) is 8.77. The third kappa shape index (κ3) is 2.59. The summed E-state index contributed by atoms with van der Waals surface area (Å²) in [7, 11) is -3.52. The van der Waals surface area contributed by atoms with Crippen LogP contribution in [0.3, 0.4) is 0 Å². The van der Waals surface area contributed by atoms with Crippen LogP contribution in [0.2, 0.25) is 0 Å². The normalized spacial score (nSPS) is 18.7. The molecule has 21 heavy (non-hydrogen) atoms. The second-order valence-electron chi connectivity index (χ2n) is 5.23. The molecule has 1 saturated heterocycles. The van der Waals surface area contributed by atoms with Crippen LogP contribution in [0.1, 0.15) is 25.8 Å². The number of sulfonamides is 1. The van der Waals surface area contributed by atoms with Gasteiger partial charge >= 0.3 is 0 Å². The number of ether oxygens (including phenoxy) is 1. The number of carbonyl (C=O) groups is 1. The highest BCUT2D eigenvalue weighted by molar-refractivity contribution is 7.94. The quantitative estimate of drug-likeness (QED) is 0.765. The second kappa shape index (κ2) is 5.37. The van der Waals surface area contributed by atoms with Crippen LogP contribution >= 0.6 is 0 Å². The third-order valence-corrected chi connectivity index (χ3v) is 5.81. The highest BCUT2D eigenvalue weighted by Gasteiger charge is 2.59. The molecule has 1 fully saturated rings. The first-order valence-electron chi connectivity index (χ1n) is 6.50. The molecule has 0 aliphatic carbocycles.